The van der Waals surface area contributed by atoms with E-state index in [1.807, 2.05) is 0 Å². The third-order valence-electron chi connectivity index (χ3n) is 4.30. The summed E-state index contributed by atoms with van der Waals surface area (Å²) in [5.41, 5.74) is -0.993. The van der Waals surface area contributed by atoms with Crippen molar-refractivity contribution in [1.29, 1.82) is 0 Å². The smallest absolute Gasteiger partial charge is 0.393 e. The lowest BCUT2D eigenvalue weighted by Gasteiger charge is -2.28. The topological polar surface area (TPSA) is 177 Å². The Labute approximate surface area is 141 Å². The van der Waals surface area contributed by atoms with E-state index >= 15 is 0 Å². The number of phosphoric ester groups is 2. The van der Waals surface area contributed by atoms with E-state index in [0.29, 0.717) is 0 Å². The summed E-state index contributed by atoms with van der Waals surface area (Å²) in [4.78, 5) is 16.2. The van der Waals surface area contributed by atoms with Crippen LogP contribution in [0.3, 0.4) is 0 Å². The van der Waals surface area contributed by atoms with Crippen LogP contribution in [-0.2, 0) is 32.2 Å². The van der Waals surface area contributed by atoms with Crippen molar-refractivity contribution in [3.63, 3.8) is 0 Å². The molecule has 1 aromatic heterocycles. The highest BCUT2D eigenvalue weighted by Gasteiger charge is 2.71. The Morgan fingerprint density at radius 3 is 2.77 bits per heavy atom. The molecule has 15 nitrogen and oxygen atoms in total. The molecule has 1 aromatic rings. The largest absolute Gasteiger partial charge is 0.613 e. The van der Waals surface area contributed by atoms with Gasteiger partial charge in [-0.05, 0) is 0 Å². The molecule has 7 heterocycles. The van der Waals surface area contributed by atoms with Gasteiger partial charge in [-0.3, -0.25) is 4.52 Å². The van der Waals surface area contributed by atoms with Crippen LogP contribution in [0.15, 0.2) is 4.79 Å². The van der Waals surface area contributed by atoms with Crippen molar-refractivity contribution in [3.05, 3.63) is 10.5 Å². The van der Waals surface area contributed by atoms with Crippen molar-refractivity contribution >= 4 is 21.5 Å². The molecule has 7 bridgehead atoms. The zero-order valence-electron chi connectivity index (χ0n) is 12.2. The number of rotatable bonds is 1. The molecule has 0 spiro atoms. The maximum Gasteiger partial charge on any atom is 0.613 e. The average Bonchev–Trinajstić information content (AvgIpc) is 3.08. The van der Waals surface area contributed by atoms with Gasteiger partial charge in [-0.15, -0.1) is 9.25 Å². The zero-order valence-corrected chi connectivity index (χ0v) is 13.9. The van der Waals surface area contributed by atoms with Crippen molar-refractivity contribution < 1.29 is 51.4 Å². The standard InChI is InChI=1S/C9H7N3O12P2/c13-1-2-9(15)4-7(18-2)11-6-3-5(10-8(11)14)12(23-25(16,19-3)21-6)24-26(17,20-4)22-9/h2,4,7,13,15H,1H2. The summed E-state index contributed by atoms with van der Waals surface area (Å²) in [6.45, 7) is -0.772. The zero-order chi connectivity index (χ0) is 18.1. The fourth-order valence-corrected chi connectivity index (χ4v) is 5.99. The fraction of sp³-hybridized carbons (Fsp3) is 0.556. The number of aliphatic hydroxyl groups excluding tert-OH is 1. The van der Waals surface area contributed by atoms with E-state index in [2.05, 4.69) is 4.98 Å². The molecular formula is C9H7N3O12P2. The molecule has 6 aliphatic rings. The lowest BCUT2D eigenvalue weighted by atomic mass is 10.1. The summed E-state index contributed by atoms with van der Waals surface area (Å²) < 4.78 is 61.6. The van der Waals surface area contributed by atoms with E-state index in [0.717, 1.165) is 4.57 Å². The number of nitrogens with zero attached hydrogens (tertiary/aromatic N) is 3. The molecule has 0 aliphatic carbocycles. The van der Waals surface area contributed by atoms with Crippen molar-refractivity contribution in [3.8, 4) is 11.6 Å². The van der Waals surface area contributed by atoms with Gasteiger partial charge >= 0.3 is 21.3 Å². The number of ether oxygens (including phenoxy) is 1. The molecule has 2 fully saturated rings. The van der Waals surface area contributed by atoms with Gasteiger partial charge in [-0.25, -0.2) is 23.0 Å². The quantitative estimate of drug-likeness (QED) is 0.533. The number of fused-ring (bicyclic) bond motifs is 2. The van der Waals surface area contributed by atoms with Crippen LogP contribution in [0.2, 0.25) is 0 Å². The molecule has 6 unspecified atom stereocenters. The number of hydrogen-bond acceptors (Lipinski definition) is 14. The predicted octanol–water partition coefficient (Wildman–Crippen LogP) is -1.08. The Balaban J connectivity index is 1.68. The second-order valence-corrected chi connectivity index (χ2v) is 8.66. The van der Waals surface area contributed by atoms with Gasteiger partial charge in [0.15, 0.2) is 12.3 Å². The van der Waals surface area contributed by atoms with Gasteiger partial charge in [0.2, 0.25) is 17.4 Å². The van der Waals surface area contributed by atoms with Crippen LogP contribution in [0.4, 0.5) is 5.82 Å². The van der Waals surface area contributed by atoms with Crippen LogP contribution in [0, 0.1) is 0 Å². The molecular weight excluding hydrogens is 404 g/mol. The van der Waals surface area contributed by atoms with E-state index in [9.17, 15) is 24.1 Å². The van der Waals surface area contributed by atoms with Gasteiger partial charge in [-0.1, -0.05) is 5.23 Å². The van der Waals surface area contributed by atoms with Gasteiger partial charge < -0.3 is 24.0 Å². The fourth-order valence-electron chi connectivity index (χ4n) is 3.25. The minimum atomic E-state index is -4.56. The summed E-state index contributed by atoms with van der Waals surface area (Å²) >= 11 is 0. The molecule has 6 aliphatic heterocycles. The molecule has 2 saturated heterocycles. The second-order valence-electron chi connectivity index (χ2n) is 5.79. The minimum Gasteiger partial charge on any atom is -0.393 e. The molecule has 140 valence electrons. The normalized spacial score (nSPS) is 46.5. The molecule has 6 atom stereocenters. The van der Waals surface area contributed by atoms with E-state index < -0.39 is 58.0 Å². The third-order valence-corrected chi connectivity index (χ3v) is 6.80. The van der Waals surface area contributed by atoms with Gasteiger partial charge in [0.25, 0.3) is 5.88 Å². The van der Waals surface area contributed by atoms with Gasteiger partial charge in [0.1, 0.15) is 6.10 Å². The SMILES string of the molecule is O=c1nc2c3c4n1C1OC(CO)C5(O)OP(=O)(OC15)ON2OP(=O)(O3)O4. The predicted molar refractivity (Wildman–Crippen MR) is 71.5 cm³/mol. The molecule has 0 saturated carbocycles. The molecule has 26 heavy (non-hydrogen) atoms. The third kappa shape index (κ3) is 1.64. The number of phosphoric acid groups is 2. The summed E-state index contributed by atoms with van der Waals surface area (Å²) in [7, 11) is -8.85. The monoisotopic (exact) mass is 411 g/mol. The highest BCUT2D eigenvalue weighted by atomic mass is 31.2. The van der Waals surface area contributed by atoms with Crippen LogP contribution in [0.25, 0.3) is 0 Å². The molecule has 2 N–H and O–H groups in total. The summed E-state index contributed by atoms with van der Waals surface area (Å²) in [6.07, 6.45) is -4.55. The van der Waals surface area contributed by atoms with Crippen LogP contribution < -0.4 is 20.0 Å². The number of aromatic nitrogens is 2. The number of anilines is 1. The van der Waals surface area contributed by atoms with Crippen LogP contribution in [-0.4, -0.2) is 44.4 Å². The van der Waals surface area contributed by atoms with Crippen molar-refractivity contribution in [2.45, 2.75) is 24.2 Å². The summed E-state index contributed by atoms with van der Waals surface area (Å²) in [5.74, 6) is -3.53. The van der Waals surface area contributed by atoms with Crippen molar-refractivity contribution in [1.82, 2.24) is 9.55 Å². The Bertz CT molecular complexity index is 1030. The van der Waals surface area contributed by atoms with E-state index in [1.54, 1.807) is 0 Å². The van der Waals surface area contributed by atoms with Crippen LogP contribution >= 0.6 is 15.6 Å². The lowest BCUT2D eigenvalue weighted by Crippen LogP contribution is -2.47. The highest BCUT2D eigenvalue weighted by Crippen LogP contribution is 2.72. The van der Waals surface area contributed by atoms with Crippen molar-refractivity contribution in [2.24, 2.45) is 0 Å². The van der Waals surface area contributed by atoms with Crippen LogP contribution in [0.1, 0.15) is 6.23 Å². The first-order valence-corrected chi connectivity index (χ1v) is 10.0. The number of aliphatic hydroxyl groups is 2. The molecule has 7 rings (SSSR count). The summed E-state index contributed by atoms with van der Waals surface area (Å²) in [6, 6.07) is 0. The Morgan fingerprint density at radius 1 is 1.23 bits per heavy atom. The Kier molecular flexibility index (Phi) is 2.57. The molecule has 0 amide bonds. The molecule has 17 heteroatoms. The van der Waals surface area contributed by atoms with Crippen LogP contribution in [0.5, 0.6) is 11.6 Å². The first-order chi connectivity index (χ1) is 12.3. The number of hydrogen-bond donors (Lipinski definition) is 2. The van der Waals surface area contributed by atoms with Gasteiger partial charge in [0.05, 0.1) is 6.61 Å². The average molecular weight is 411 g/mol. The van der Waals surface area contributed by atoms with Gasteiger partial charge in [0, 0.05) is 0 Å². The van der Waals surface area contributed by atoms with E-state index in [-0.39, 0.29) is 16.9 Å². The first kappa shape index (κ1) is 15.5. The molecule has 0 radical (unpaired) electrons. The highest BCUT2D eigenvalue weighted by molar-refractivity contribution is 7.50. The molecule has 0 aromatic carbocycles. The van der Waals surface area contributed by atoms with Crippen molar-refractivity contribution in [2.75, 3.05) is 11.8 Å². The summed E-state index contributed by atoms with van der Waals surface area (Å²) in [5, 5.41) is 20.5. The first-order valence-electron chi connectivity index (χ1n) is 7.08. The van der Waals surface area contributed by atoms with E-state index in [4.69, 9.17) is 32.1 Å². The van der Waals surface area contributed by atoms with Gasteiger partial charge in [-0.2, -0.15) is 4.98 Å². The lowest BCUT2D eigenvalue weighted by molar-refractivity contribution is -0.187. The Morgan fingerprint density at radius 2 is 2.00 bits per heavy atom. The minimum absolute atomic E-state index is 0.266. The Hall–Kier alpha value is -1.54. The second kappa shape index (κ2) is 4.30. The maximum atomic E-state index is 12.8. The van der Waals surface area contributed by atoms with E-state index in [1.165, 1.54) is 0 Å². The maximum absolute atomic E-state index is 12.8.